The van der Waals surface area contributed by atoms with Gasteiger partial charge in [-0.25, -0.2) is 4.39 Å². The summed E-state index contributed by atoms with van der Waals surface area (Å²) in [6, 6.07) is 0. The summed E-state index contributed by atoms with van der Waals surface area (Å²) >= 11 is 0.407. The van der Waals surface area contributed by atoms with Crippen molar-refractivity contribution in [1.29, 1.82) is 5.26 Å². The first-order chi connectivity index (χ1) is 6.61. The monoisotopic (exact) mass is 213 g/mol. The van der Waals surface area contributed by atoms with Crippen LogP contribution in [0.1, 0.15) is 23.1 Å². The highest BCUT2D eigenvalue weighted by Gasteiger charge is 2.21. The fourth-order valence-corrected chi connectivity index (χ4v) is 1.45. The van der Waals surface area contributed by atoms with Crippen molar-refractivity contribution in [3.8, 4) is 5.40 Å². The van der Waals surface area contributed by atoms with Crippen molar-refractivity contribution in [2.75, 3.05) is 0 Å². The molecule has 14 heavy (non-hydrogen) atoms. The Labute approximate surface area is 84.7 Å². The van der Waals surface area contributed by atoms with Gasteiger partial charge in [-0.1, -0.05) is 0 Å². The van der Waals surface area contributed by atoms with E-state index in [1.807, 2.05) is 0 Å². The molecule has 0 spiro atoms. The number of carbonyl (C=O) groups excluding carboxylic acids is 1. The molecule has 0 aromatic carbocycles. The van der Waals surface area contributed by atoms with Crippen LogP contribution in [-0.4, -0.2) is 14.9 Å². The number of thioether (sulfide) groups is 1. The zero-order valence-electron chi connectivity index (χ0n) is 7.74. The lowest BCUT2D eigenvalue weighted by molar-refractivity contribution is 0.107. The molecule has 1 aromatic rings. The van der Waals surface area contributed by atoms with Gasteiger partial charge < -0.3 is 0 Å². The van der Waals surface area contributed by atoms with Crippen molar-refractivity contribution in [3.05, 3.63) is 17.2 Å². The molecule has 0 radical (unpaired) electrons. The van der Waals surface area contributed by atoms with Gasteiger partial charge in [0.25, 0.3) is 5.12 Å². The SMILES string of the molecule is CCn1nc(C)c(F)c1C(=O)SC#N. The summed E-state index contributed by atoms with van der Waals surface area (Å²) in [5.74, 6) is -0.639. The fraction of sp³-hybridized carbons (Fsp3) is 0.375. The van der Waals surface area contributed by atoms with Gasteiger partial charge in [-0.2, -0.15) is 10.4 Å². The third-order valence-corrected chi connectivity index (χ3v) is 2.16. The quantitative estimate of drug-likeness (QED) is 0.701. The van der Waals surface area contributed by atoms with Gasteiger partial charge in [0.15, 0.2) is 11.5 Å². The molecular formula is C8H8FN3OS. The Morgan fingerprint density at radius 1 is 1.79 bits per heavy atom. The van der Waals surface area contributed by atoms with Gasteiger partial charge in [0, 0.05) is 18.3 Å². The van der Waals surface area contributed by atoms with E-state index in [0.29, 0.717) is 18.3 Å². The van der Waals surface area contributed by atoms with Crippen LogP contribution < -0.4 is 0 Å². The average molecular weight is 213 g/mol. The van der Waals surface area contributed by atoms with Crippen LogP contribution in [0.3, 0.4) is 0 Å². The van der Waals surface area contributed by atoms with Gasteiger partial charge >= 0.3 is 0 Å². The Hall–Kier alpha value is -1.35. The first-order valence-electron chi connectivity index (χ1n) is 3.95. The fourth-order valence-electron chi connectivity index (χ4n) is 1.07. The second kappa shape index (κ2) is 4.24. The molecule has 74 valence electrons. The summed E-state index contributed by atoms with van der Waals surface area (Å²) in [6.07, 6.45) is 0. The number of aryl methyl sites for hydroxylation is 2. The molecule has 1 rings (SSSR count). The molecule has 0 aliphatic carbocycles. The van der Waals surface area contributed by atoms with Crippen molar-refractivity contribution >= 4 is 16.9 Å². The molecule has 4 nitrogen and oxygen atoms in total. The minimum atomic E-state index is -0.639. The molecule has 1 heterocycles. The summed E-state index contributed by atoms with van der Waals surface area (Å²) in [4.78, 5) is 11.3. The van der Waals surface area contributed by atoms with Crippen molar-refractivity contribution in [2.45, 2.75) is 20.4 Å². The molecule has 6 heteroatoms. The van der Waals surface area contributed by atoms with Gasteiger partial charge in [-0.05, 0) is 13.8 Å². The van der Waals surface area contributed by atoms with Gasteiger partial charge in [-0.3, -0.25) is 9.48 Å². The summed E-state index contributed by atoms with van der Waals surface area (Å²) in [7, 11) is 0. The topological polar surface area (TPSA) is 58.7 Å². The molecule has 0 saturated carbocycles. The number of nitrogens with zero attached hydrogens (tertiary/aromatic N) is 3. The Morgan fingerprint density at radius 2 is 2.43 bits per heavy atom. The van der Waals surface area contributed by atoms with Crippen LogP contribution >= 0.6 is 11.8 Å². The summed E-state index contributed by atoms with van der Waals surface area (Å²) < 4.78 is 14.6. The molecule has 0 aliphatic heterocycles. The molecule has 0 atom stereocenters. The van der Waals surface area contributed by atoms with Crippen molar-refractivity contribution in [3.63, 3.8) is 0 Å². The van der Waals surface area contributed by atoms with E-state index in [4.69, 9.17) is 5.26 Å². The molecular weight excluding hydrogens is 205 g/mol. The van der Waals surface area contributed by atoms with E-state index in [-0.39, 0.29) is 11.4 Å². The van der Waals surface area contributed by atoms with Crippen LogP contribution in [0.5, 0.6) is 0 Å². The number of halogens is 1. The first kappa shape index (κ1) is 10.7. The van der Waals surface area contributed by atoms with E-state index in [0.717, 1.165) is 0 Å². The molecule has 0 N–H and O–H groups in total. The Bertz CT molecular complexity index is 407. The summed E-state index contributed by atoms with van der Waals surface area (Å²) in [5.41, 5.74) is 0.0466. The van der Waals surface area contributed by atoms with Crippen LogP contribution in [0.25, 0.3) is 0 Å². The predicted octanol–water partition coefficient (Wildman–Crippen LogP) is 1.71. The number of hydrogen-bond donors (Lipinski definition) is 0. The number of thiocyanates is 1. The zero-order valence-corrected chi connectivity index (χ0v) is 8.56. The number of hydrogen-bond acceptors (Lipinski definition) is 4. The number of carbonyl (C=O) groups is 1. The van der Waals surface area contributed by atoms with Gasteiger partial charge in [-0.15, -0.1) is 0 Å². The van der Waals surface area contributed by atoms with Crippen LogP contribution in [0.15, 0.2) is 0 Å². The van der Waals surface area contributed by atoms with E-state index in [1.165, 1.54) is 11.6 Å². The zero-order chi connectivity index (χ0) is 10.7. The number of aromatic nitrogens is 2. The largest absolute Gasteiger partial charge is 0.279 e. The summed E-state index contributed by atoms with van der Waals surface area (Å²) in [5, 5.41) is 13.1. The van der Waals surface area contributed by atoms with Crippen molar-refractivity contribution in [1.82, 2.24) is 9.78 Å². The molecule has 0 amide bonds. The maximum atomic E-state index is 13.4. The van der Waals surface area contributed by atoms with Gasteiger partial charge in [0.05, 0.1) is 5.69 Å². The molecule has 1 aromatic heterocycles. The number of rotatable bonds is 2. The predicted molar refractivity (Wildman–Crippen MR) is 50.1 cm³/mol. The molecule has 0 fully saturated rings. The van der Waals surface area contributed by atoms with Crippen LogP contribution in [0, 0.1) is 23.4 Å². The normalized spacial score (nSPS) is 9.86. The highest BCUT2D eigenvalue weighted by atomic mass is 32.2. The highest BCUT2D eigenvalue weighted by molar-refractivity contribution is 8.18. The lowest BCUT2D eigenvalue weighted by Crippen LogP contribution is -2.07. The van der Waals surface area contributed by atoms with Crippen molar-refractivity contribution in [2.24, 2.45) is 0 Å². The lowest BCUT2D eigenvalue weighted by atomic mass is 10.3. The third kappa shape index (κ3) is 1.77. The average Bonchev–Trinajstić information content (AvgIpc) is 2.43. The molecule has 0 bridgehead atoms. The van der Waals surface area contributed by atoms with Crippen LogP contribution in [0.4, 0.5) is 4.39 Å². The van der Waals surface area contributed by atoms with Crippen LogP contribution in [0.2, 0.25) is 0 Å². The van der Waals surface area contributed by atoms with Crippen LogP contribution in [-0.2, 0) is 6.54 Å². The molecule has 0 aliphatic rings. The first-order valence-corrected chi connectivity index (χ1v) is 4.76. The minimum absolute atomic E-state index is 0.128. The van der Waals surface area contributed by atoms with Gasteiger partial charge in [0.2, 0.25) is 0 Å². The Balaban J connectivity index is 3.18. The molecule has 0 unspecified atom stereocenters. The second-order valence-electron chi connectivity index (χ2n) is 2.54. The Kier molecular flexibility index (Phi) is 3.25. The van der Waals surface area contributed by atoms with E-state index in [1.54, 1.807) is 12.3 Å². The summed E-state index contributed by atoms with van der Waals surface area (Å²) in [6.45, 7) is 3.63. The second-order valence-corrected chi connectivity index (χ2v) is 3.30. The van der Waals surface area contributed by atoms with E-state index < -0.39 is 10.9 Å². The Morgan fingerprint density at radius 3 is 2.93 bits per heavy atom. The molecule has 0 saturated heterocycles. The van der Waals surface area contributed by atoms with E-state index >= 15 is 0 Å². The maximum absolute atomic E-state index is 13.4. The van der Waals surface area contributed by atoms with E-state index in [9.17, 15) is 9.18 Å². The lowest BCUT2D eigenvalue weighted by Gasteiger charge is -1.99. The number of nitriles is 1. The van der Waals surface area contributed by atoms with Gasteiger partial charge in [0.1, 0.15) is 5.40 Å². The van der Waals surface area contributed by atoms with E-state index in [2.05, 4.69) is 5.10 Å². The minimum Gasteiger partial charge on any atom is -0.279 e. The highest BCUT2D eigenvalue weighted by Crippen LogP contribution is 2.17. The smallest absolute Gasteiger partial charge is 0.254 e. The van der Waals surface area contributed by atoms with Crippen molar-refractivity contribution < 1.29 is 9.18 Å². The third-order valence-electron chi connectivity index (χ3n) is 1.69. The maximum Gasteiger partial charge on any atom is 0.254 e. The standard InChI is InChI=1S/C8H8FN3OS/c1-3-12-7(8(13)14-4-10)6(9)5(2)11-12/h3H2,1-2H3.